The van der Waals surface area contributed by atoms with Crippen LogP contribution in [0.1, 0.15) is 23.7 Å². The van der Waals surface area contributed by atoms with Crippen molar-refractivity contribution in [1.82, 2.24) is 5.32 Å². The molecule has 1 rings (SSSR count). The molecule has 0 saturated heterocycles. The predicted octanol–water partition coefficient (Wildman–Crippen LogP) is 2.36. The van der Waals surface area contributed by atoms with Crippen LogP contribution in [-0.2, 0) is 0 Å². The summed E-state index contributed by atoms with van der Waals surface area (Å²) in [6, 6.07) is 4.37. The van der Waals surface area contributed by atoms with Crippen LogP contribution in [-0.4, -0.2) is 23.0 Å². The summed E-state index contributed by atoms with van der Waals surface area (Å²) in [5.74, 6) is -0.383. The average molecular weight is 335 g/mol. The molecule has 0 radical (unpaired) electrons. The number of nitrogens with zero attached hydrogens (tertiary/aromatic N) is 1. The smallest absolute Gasteiger partial charge is 0.253 e. The van der Waals surface area contributed by atoms with Crippen LogP contribution in [0.5, 0.6) is 0 Å². The van der Waals surface area contributed by atoms with Gasteiger partial charge in [0.25, 0.3) is 5.91 Å². The number of benzene rings is 1. The number of oxime groups is 1. The molecule has 5 nitrogen and oxygen atoms in total. The zero-order chi connectivity index (χ0) is 13.7. The van der Waals surface area contributed by atoms with Crippen molar-refractivity contribution in [2.45, 2.75) is 19.4 Å². The first kappa shape index (κ1) is 14.8. The number of carbonyl (C=O) groups is 1. The minimum Gasteiger partial charge on any atom is -0.409 e. The number of carbonyl (C=O) groups excluding carboxylic acids is 1. The van der Waals surface area contributed by atoms with Crippen LogP contribution < -0.4 is 11.1 Å². The first-order valence-electron chi connectivity index (χ1n) is 5.23. The van der Waals surface area contributed by atoms with Crippen LogP contribution in [0, 0.1) is 0 Å². The number of nitrogens with two attached hydrogens (primary N) is 1. The van der Waals surface area contributed by atoms with Crippen LogP contribution in [0.25, 0.3) is 0 Å². The normalized spacial score (nSPS) is 13.2. The molecular formula is C11H13BrClN3O2. The van der Waals surface area contributed by atoms with Crippen molar-refractivity contribution in [1.29, 1.82) is 0 Å². The summed E-state index contributed by atoms with van der Waals surface area (Å²) in [7, 11) is 0. The Balaban J connectivity index is 2.91. The fraction of sp³-hybridized carbons (Fsp3) is 0.273. The maximum absolute atomic E-state index is 12.0. The molecule has 0 spiro atoms. The van der Waals surface area contributed by atoms with Gasteiger partial charge in [0, 0.05) is 9.50 Å². The Kier molecular flexibility index (Phi) is 5.43. The monoisotopic (exact) mass is 333 g/mol. The molecule has 1 aromatic carbocycles. The highest BCUT2D eigenvalue weighted by molar-refractivity contribution is 9.10. The van der Waals surface area contributed by atoms with E-state index in [9.17, 15) is 4.79 Å². The van der Waals surface area contributed by atoms with Gasteiger partial charge in [-0.1, -0.05) is 23.7 Å². The first-order chi connectivity index (χ1) is 8.49. The maximum Gasteiger partial charge on any atom is 0.253 e. The lowest BCUT2D eigenvalue weighted by Crippen LogP contribution is -2.44. The maximum atomic E-state index is 12.0. The van der Waals surface area contributed by atoms with Crippen LogP contribution >= 0.6 is 27.5 Å². The summed E-state index contributed by atoms with van der Waals surface area (Å²) in [4.78, 5) is 12.0. The lowest BCUT2D eigenvalue weighted by Gasteiger charge is -2.15. The molecule has 0 heterocycles. The van der Waals surface area contributed by atoms with Crippen molar-refractivity contribution < 1.29 is 10.0 Å². The second-order valence-corrected chi connectivity index (χ2v) is 4.87. The molecule has 1 amide bonds. The summed E-state index contributed by atoms with van der Waals surface area (Å²) < 4.78 is 0.624. The predicted molar refractivity (Wildman–Crippen MR) is 74.1 cm³/mol. The van der Waals surface area contributed by atoms with E-state index in [1.54, 1.807) is 18.2 Å². The molecule has 0 saturated carbocycles. The number of halogens is 2. The first-order valence-corrected chi connectivity index (χ1v) is 6.40. The van der Waals surface area contributed by atoms with E-state index in [0.717, 1.165) is 0 Å². The van der Waals surface area contributed by atoms with Gasteiger partial charge in [-0.05, 0) is 40.5 Å². The van der Waals surface area contributed by atoms with Gasteiger partial charge in [-0.25, -0.2) is 0 Å². The fourth-order valence-corrected chi connectivity index (χ4v) is 1.96. The molecule has 7 heteroatoms. The van der Waals surface area contributed by atoms with Crippen molar-refractivity contribution in [2.75, 3.05) is 0 Å². The van der Waals surface area contributed by atoms with Gasteiger partial charge in [-0.2, -0.15) is 0 Å². The molecule has 1 atom stereocenters. The highest BCUT2D eigenvalue weighted by atomic mass is 79.9. The number of amidine groups is 1. The zero-order valence-electron chi connectivity index (χ0n) is 9.65. The van der Waals surface area contributed by atoms with Crippen LogP contribution in [0.4, 0.5) is 0 Å². The summed E-state index contributed by atoms with van der Waals surface area (Å²) in [5.41, 5.74) is 5.86. The zero-order valence-corrected chi connectivity index (χ0v) is 12.0. The molecule has 0 bridgehead atoms. The van der Waals surface area contributed by atoms with Crippen molar-refractivity contribution in [3.8, 4) is 0 Å². The third-order valence-corrected chi connectivity index (χ3v) is 3.29. The summed E-state index contributed by atoms with van der Waals surface area (Å²) in [6.07, 6.45) is 0.514. The average Bonchev–Trinajstić information content (AvgIpc) is 2.37. The molecule has 98 valence electrons. The van der Waals surface area contributed by atoms with Gasteiger partial charge in [0.15, 0.2) is 5.84 Å². The minimum atomic E-state index is -0.520. The Morgan fingerprint density at radius 1 is 1.67 bits per heavy atom. The largest absolute Gasteiger partial charge is 0.409 e. The van der Waals surface area contributed by atoms with E-state index in [2.05, 4.69) is 26.4 Å². The molecule has 0 aliphatic rings. The van der Waals surface area contributed by atoms with Gasteiger partial charge in [0.1, 0.15) is 0 Å². The number of nitrogens with one attached hydrogen (secondary N) is 1. The van der Waals surface area contributed by atoms with Gasteiger partial charge in [0.2, 0.25) is 0 Å². The SMILES string of the molecule is CCC(NC(=O)c1cc(Cl)ccc1Br)/C(N)=N/O. The van der Waals surface area contributed by atoms with Crippen LogP contribution in [0.3, 0.4) is 0 Å². The molecule has 0 fully saturated rings. The lowest BCUT2D eigenvalue weighted by molar-refractivity contribution is 0.0945. The molecule has 0 aliphatic heterocycles. The van der Waals surface area contributed by atoms with Crippen molar-refractivity contribution >= 4 is 39.3 Å². The quantitative estimate of drug-likeness (QED) is 0.342. The Morgan fingerprint density at radius 3 is 2.89 bits per heavy atom. The van der Waals surface area contributed by atoms with Crippen molar-refractivity contribution in [3.05, 3.63) is 33.3 Å². The minimum absolute atomic E-state index is 0.0380. The standard InChI is InChI=1S/C11H13BrClN3O2/c1-2-9(10(14)16-18)15-11(17)7-5-6(13)3-4-8(7)12/h3-5,9,18H,2H2,1H3,(H2,14,16)(H,15,17). The molecule has 1 aromatic rings. The molecule has 0 aromatic heterocycles. The van der Waals surface area contributed by atoms with E-state index in [4.69, 9.17) is 22.5 Å². The van der Waals surface area contributed by atoms with Gasteiger partial charge < -0.3 is 16.3 Å². The van der Waals surface area contributed by atoms with Gasteiger partial charge >= 0.3 is 0 Å². The van der Waals surface area contributed by atoms with Crippen LogP contribution in [0.2, 0.25) is 5.02 Å². The van der Waals surface area contributed by atoms with E-state index >= 15 is 0 Å². The van der Waals surface area contributed by atoms with E-state index in [1.165, 1.54) is 0 Å². The highest BCUT2D eigenvalue weighted by Gasteiger charge is 2.17. The Hall–Kier alpha value is -1.27. The van der Waals surface area contributed by atoms with Crippen molar-refractivity contribution in [3.63, 3.8) is 0 Å². The summed E-state index contributed by atoms with van der Waals surface area (Å²) >= 11 is 9.10. The van der Waals surface area contributed by atoms with E-state index < -0.39 is 6.04 Å². The van der Waals surface area contributed by atoms with Gasteiger partial charge in [0.05, 0.1) is 11.6 Å². The second-order valence-electron chi connectivity index (χ2n) is 3.58. The Bertz CT molecular complexity index is 479. The number of amides is 1. The summed E-state index contributed by atoms with van der Waals surface area (Å²) in [5, 5.41) is 14.6. The van der Waals surface area contributed by atoms with Gasteiger partial charge in [-0.15, -0.1) is 0 Å². The number of hydrogen-bond donors (Lipinski definition) is 3. The molecule has 18 heavy (non-hydrogen) atoms. The third-order valence-electron chi connectivity index (χ3n) is 2.36. The molecule has 4 N–H and O–H groups in total. The fourth-order valence-electron chi connectivity index (χ4n) is 1.36. The van der Waals surface area contributed by atoms with E-state index in [-0.39, 0.29) is 11.7 Å². The van der Waals surface area contributed by atoms with E-state index in [1.807, 2.05) is 6.92 Å². The topological polar surface area (TPSA) is 87.7 Å². The van der Waals surface area contributed by atoms with Gasteiger partial charge in [-0.3, -0.25) is 4.79 Å². The van der Waals surface area contributed by atoms with E-state index in [0.29, 0.717) is 21.5 Å². The highest BCUT2D eigenvalue weighted by Crippen LogP contribution is 2.21. The molecule has 1 unspecified atom stereocenters. The number of hydrogen-bond acceptors (Lipinski definition) is 3. The summed E-state index contributed by atoms with van der Waals surface area (Å²) in [6.45, 7) is 1.82. The Labute approximate surface area is 118 Å². The lowest BCUT2D eigenvalue weighted by atomic mass is 10.1. The Morgan fingerprint density at radius 2 is 2.33 bits per heavy atom. The van der Waals surface area contributed by atoms with Crippen molar-refractivity contribution in [2.24, 2.45) is 10.9 Å². The number of rotatable bonds is 4. The molecular weight excluding hydrogens is 321 g/mol. The third kappa shape index (κ3) is 3.61. The molecule has 0 aliphatic carbocycles. The second kappa shape index (κ2) is 6.61. The van der Waals surface area contributed by atoms with Crippen LogP contribution in [0.15, 0.2) is 27.8 Å².